The fourth-order valence-electron chi connectivity index (χ4n) is 6.87. The molecule has 0 aliphatic carbocycles. The van der Waals surface area contributed by atoms with Gasteiger partial charge in [0.2, 0.25) is 5.91 Å². The Bertz CT molecular complexity index is 1370. The lowest BCUT2D eigenvalue weighted by atomic mass is 10.1. The molecular formula is C60H97NO3. The Morgan fingerprint density at radius 3 is 1.09 bits per heavy atom. The second-order valence-electron chi connectivity index (χ2n) is 16.8. The maximum Gasteiger partial charge on any atom is 0.220 e. The summed E-state index contributed by atoms with van der Waals surface area (Å²) >= 11 is 0. The summed E-state index contributed by atoms with van der Waals surface area (Å²) in [6.07, 6.45) is 85.5. The molecule has 2 unspecified atom stereocenters. The fraction of sp³-hybridized carbons (Fsp3) is 0.583. The first-order valence-electron chi connectivity index (χ1n) is 26.0. The average molecular weight is 880 g/mol. The lowest BCUT2D eigenvalue weighted by Gasteiger charge is -2.19. The number of allylic oxidation sites excluding steroid dienone is 23. The first-order chi connectivity index (χ1) is 31.7. The fourth-order valence-corrected chi connectivity index (χ4v) is 6.87. The molecule has 0 radical (unpaired) electrons. The van der Waals surface area contributed by atoms with Crippen molar-refractivity contribution in [1.29, 1.82) is 0 Å². The first-order valence-corrected chi connectivity index (χ1v) is 26.0. The minimum atomic E-state index is -0.874. The Morgan fingerprint density at radius 2 is 0.703 bits per heavy atom. The molecule has 0 saturated carbocycles. The highest BCUT2D eigenvalue weighted by Gasteiger charge is 2.17. The van der Waals surface area contributed by atoms with Gasteiger partial charge in [0.1, 0.15) is 0 Å². The molecule has 4 nitrogen and oxygen atoms in total. The minimum Gasteiger partial charge on any atom is -0.394 e. The summed E-state index contributed by atoms with van der Waals surface area (Å²) in [5.41, 5.74) is 0. The highest BCUT2D eigenvalue weighted by atomic mass is 16.3. The molecule has 0 spiro atoms. The number of carbonyl (C=O) groups excluding carboxylic acids is 1. The molecule has 0 bridgehead atoms. The molecule has 0 rings (SSSR count). The maximum absolute atomic E-state index is 12.4. The summed E-state index contributed by atoms with van der Waals surface area (Å²) in [6, 6.07) is -0.653. The molecule has 0 aromatic carbocycles. The second-order valence-corrected chi connectivity index (χ2v) is 16.8. The quantitative estimate of drug-likeness (QED) is 0.0422. The zero-order chi connectivity index (χ0) is 46.3. The van der Waals surface area contributed by atoms with Crippen molar-refractivity contribution in [2.45, 2.75) is 219 Å². The van der Waals surface area contributed by atoms with Crippen LogP contribution < -0.4 is 5.32 Å². The van der Waals surface area contributed by atoms with E-state index in [1.807, 2.05) is 6.08 Å². The van der Waals surface area contributed by atoms with Crippen molar-refractivity contribution in [3.63, 3.8) is 0 Å². The van der Waals surface area contributed by atoms with Crippen LogP contribution in [0.1, 0.15) is 206 Å². The van der Waals surface area contributed by atoms with E-state index in [-0.39, 0.29) is 12.5 Å². The molecule has 360 valence electrons. The van der Waals surface area contributed by atoms with E-state index in [0.29, 0.717) is 6.42 Å². The van der Waals surface area contributed by atoms with Crippen LogP contribution in [0.4, 0.5) is 0 Å². The number of unbranched alkanes of at least 4 members (excludes halogenated alkanes) is 16. The first kappa shape index (κ1) is 60.3. The average Bonchev–Trinajstić information content (AvgIpc) is 3.30. The van der Waals surface area contributed by atoms with Gasteiger partial charge in [-0.05, 0) is 109 Å². The highest BCUT2D eigenvalue weighted by molar-refractivity contribution is 5.76. The molecule has 0 aromatic heterocycles. The molecule has 0 aromatic rings. The third-order valence-electron chi connectivity index (χ3n) is 10.8. The van der Waals surface area contributed by atoms with E-state index in [2.05, 4.69) is 153 Å². The zero-order valence-corrected chi connectivity index (χ0v) is 41.2. The minimum absolute atomic E-state index is 0.0903. The molecule has 64 heavy (non-hydrogen) atoms. The van der Waals surface area contributed by atoms with Crippen molar-refractivity contribution in [1.82, 2.24) is 5.32 Å². The number of aliphatic hydroxyl groups is 2. The van der Waals surface area contributed by atoms with Gasteiger partial charge in [-0.3, -0.25) is 4.79 Å². The highest BCUT2D eigenvalue weighted by Crippen LogP contribution is 2.12. The van der Waals surface area contributed by atoms with Crippen molar-refractivity contribution >= 4 is 5.91 Å². The Kier molecular flexibility index (Phi) is 50.5. The van der Waals surface area contributed by atoms with Crippen LogP contribution in [0.25, 0.3) is 0 Å². The Balaban J connectivity index is 3.67. The van der Waals surface area contributed by atoms with Crippen LogP contribution in [0.2, 0.25) is 0 Å². The van der Waals surface area contributed by atoms with Gasteiger partial charge in [0.25, 0.3) is 0 Å². The molecule has 0 heterocycles. The summed E-state index contributed by atoms with van der Waals surface area (Å²) in [7, 11) is 0. The van der Waals surface area contributed by atoms with Gasteiger partial charge < -0.3 is 15.5 Å². The van der Waals surface area contributed by atoms with Crippen molar-refractivity contribution in [3.8, 4) is 0 Å². The van der Waals surface area contributed by atoms with E-state index in [0.717, 1.165) is 109 Å². The number of rotatable bonds is 45. The van der Waals surface area contributed by atoms with Crippen LogP contribution in [0, 0.1) is 0 Å². The molecule has 3 N–H and O–H groups in total. The molecule has 0 aliphatic heterocycles. The van der Waals surface area contributed by atoms with Crippen molar-refractivity contribution in [2.24, 2.45) is 0 Å². The van der Waals surface area contributed by atoms with Gasteiger partial charge >= 0.3 is 0 Å². The summed E-state index contributed by atoms with van der Waals surface area (Å²) < 4.78 is 0. The molecule has 1 amide bonds. The van der Waals surface area contributed by atoms with E-state index >= 15 is 0 Å². The Labute approximate surface area is 395 Å². The third kappa shape index (κ3) is 49.3. The van der Waals surface area contributed by atoms with Gasteiger partial charge in [0.15, 0.2) is 0 Å². The van der Waals surface area contributed by atoms with Gasteiger partial charge in [-0.25, -0.2) is 0 Å². The van der Waals surface area contributed by atoms with Gasteiger partial charge in [-0.1, -0.05) is 237 Å². The summed E-state index contributed by atoms with van der Waals surface area (Å²) in [5.74, 6) is -0.0903. The molecular weight excluding hydrogens is 783 g/mol. The van der Waals surface area contributed by atoms with Gasteiger partial charge in [-0.2, -0.15) is 0 Å². The van der Waals surface area contributed by atoms with Gasteiger partial charge in [-0.15, -0.1) is 0 Å². The van der Waals surface area contributed by atoms with E-state index < -0.39 is 12.1 Å². The molecule has 2 atom stereocenters. The Morgan fingerprint density at radius 1 is 0.391 bits per heavy atom. The molecule has 4 heteroatoms. The number of amides is 1. The van der Waals surface area contributed by atoms with Crippen LogP contribution in [-0.2, 0) is 4.79 Å². The van der Waals surface area contributed by atoms with Crippen molar-refractivity contribution in [2.75, 3.05) is 6.61 Å². The molecule has 0 aliphatic rings. The summed E-state index contributed by atoms with van der Waals surface area (Å²) in [5, 5.41) is 23.0. The lowest BCUT2D eigenvalue weighted by Crippen LogP contribution is -2.45. The third-order valence-corrected chi connectivity index (χ3v) is 10.8. The maximum atomic E-state index is 12.4. The van der Waals surface area contributed by atoms with Crippen LogP contribution in [-0.4, -0.2) is 34.9 Å². The Hall–Kier alpha value is -3.73. The van der Waals surface area contributed by atoms with Gasteiger partial charge in [0.05, 0.1) is 18.8 Å². The van der Waals surface area contributed by atoms with Crippen LogP contribution >= 0.6 is 0 Å². The number of hydrogen-bond donors (Lipinski definition) is 3. The van der Waals surface area contributed by atoms with E-state index in [9.17, 15) is 15.0 Å². The molecule has 0 fully saturated rings. The largest absolute Gasteiger partial charge is 0.394 e. The topological polar surface area (TPSA) is 69.6 Å². The second kappa shape index (κ2) is 53.6. The number of nitrogens with one attached hydrogen (secondary N) is 1. The normalized spacial score (nSPS) is 14.1. The standard InChI is InChI=1S/C60H97NO3/c1-3-5-7-9-11-13-15-17-18-19-20-21-22-23-24-25-26-27-28-29-30-31-32-33-34-35-36-37-38-39-40-41-42-44-46-48-50-52-54-56-60(64)61-58(57-62)59(63)55-53-51-49-47-45-43-16-14-12-10-8-6-4-2/h5,7,11,13,17-18,20-21,23-24,26-27,29-30,32-33,35-36,38-39,45,47,53,55,58-59,62-63H,3-4,6,8-10,12,14-16,19,22,25,28,31,34,37,40-44,46,48-52,54,56-57H2,1-2H3,(H,61,64)/b7-5-,13-11-,18-17-,21-20-,24-23-,27-26-,30-29-,33-32-,36-35-,39-38-,47-45+,55-53+. The summed E-state index contributed by atoms with van der Waals surface area (Å²) in [4.78, 5) is 12.4. The number of aliphatic hydroxyl groups excluding tert-OH is 2. The van der Waals surface area contributed by atoms with Crippen LogP contribution in [0.3, 0.4) is 0 Å². The van der Waals surface area contributed by atoms with Crippen molar-refractivity contribution < 1.29 is 15.0 Å². The van der Waals surface area contributed by atoms with Gasteiger partial charge in [0, 0.05) is 6.42 Å². The van der Waals surface area contributed by atoms with E-state index in [1.165, 1.54) is 77.0 Å². The van der Waals surface area contributed by atoms with Crippen molar-refractivity contribution in [3.05, 3.63) is 146 Å². The predicted octanol–water partition coefficient (Wildman–Crippen LogP) is 17.2. The van der Waals surface area contributed by atoms with Crippen LogP contribution in [0.5, 0.6) is 0 Å². The van der Waals surface area contributed by atoms with E-state index in [1.54, 1.807) is 6.08 Å². The molecule has 0 saturated heterocycles. The monoisotopic (exact) mass is 880 g/mol. The zero-order valence-electron chi connectivity index (χ0n) is 41.2. The summed E-state index contributed by atoms with van der Waals surface area (Å²) in [6.45, 7) is 4.15. The SMILES string of the molecule is CC/C=C\C/C=C\C/C=C\C/C=C\C/C=C\C/C=C\C/C=C\C/C=C\C/C=C\C/C=C\CCCCCCCCCCC(=O)NC(CO)C(O)/C=C/CC/C=C/CCCCCCCCC. The predicted molar refractivity (Wildman–Crippen MR) is 285 cm³/mol. The van der Waals surface area contributed by atoms with E-state index in [4.69, 9.17) is 0 Å². The lowest BCUT2D eigenvalue weighted by molar-refractivity contribution is -0.123. The smallest absolute Gasteiger partial charge is 0.220 e. The van der Waals surface area contributed by atoms with Crippen LogP contribution in [0.15, 0.2) is 146 Å². The number of hydrogen-bond acceptors (Lipinski definition) is 3. The number of carbonyl (C=O) groups is 1.